The molecule has 2 aromatic carbocycles. The summed E-state index contributed by atoms with van der Waals surface area (Å²) in [6, 6.07) is 12.2. The first-order valence-corrected chi connectivity index (χ1v) is 17.3. The Morgan fingerprint density at radius 2 is 1.72 bits per heavy atom. The van der Waals surface area contributed by atoms with Gasteiger partial charge in [-0.3, -0.25) is 4.79 Å². The average molecular weight is 619 g/mol. The fourth-order valence-electron chi connectivity index (χ4n) is 5.28. The number of aromatic hydroxyl groups is 1. The molecule has 240 valence electrons. The van der Waals surface area contributed by atoms with Gasteiger partial charge >= 0.3 is 5.97 Å². The van der Waals surface area contributed by atoms with Crippen molar-refractivity contribution in [2.75, 3.05) is 26.3 Å². The third kappa shape index (κ3) is 13.4. The average Bonchev–Trinajstić information content (AvgIpc) is 2.99. The molecular formula is C33H50N2O7S. The van der Waals surface area contributed by atoms with Gasteiger partial charge < -0.3 is 25.0 Å². The molecule has 3 rings (SSSR count). The van der Waals surface area contributed by atoms with E-state index in [0.29, 0.717) is 29.2 Å². The summed E-state index contributed by atoms with van der Waals surface area (Å²) < 4.78 is 39.2. The van der Waals surface area contributed by atoms with Crippen molar-refractivity contribution < 1.29 is 32.9 Å². The number of hydrogen-bond acceptors (Lipinski definition) is 8. The van der Waals surface area contributed by atoms with Crippen LogP contribution in [-0.4, -0.2) is 56.9 Å². The Bertz CT molecular complexity index is 1220. The van der Waals surface area contributed by atoms with Crippen LogP contribution >= 0.6 is 0 Å². The second-order valence-electron chi connectivity index (χ2n) is 11.5. The quantitative estimate of drug-likeness (QED) is 0.116. The Balaban J connectivity index is 1.18. The van der Waals surface area contributed by atoms with Crippen LogP contribution < -0.4 is 10.0 Å². The van der Waals surface area contributed by atoms with Crippen molar-refractivity contribution >= 4 is 16.0 Å². The standard InChI is InChI=1S/C33H50N2O7S/c1-26(36)42-25-29-23-28(17-18-32(29)37)33(38)24-34-19-8-2-3-9-20-41-21-10-7-12-27-13-11-16-31(22-27)43(39,40)35-30-14-5-4-6-15-30/h11,13,16-18,22-23,30,33-35,37-38H,2-10,12,14-15,19-21,24-25H2,1H3/t33-/m0/s1. The van der Waals surface area contributed by atoms with Crippen molar-refractivity contribution in [2.45, 2.75) is 108 Å². The number of aryl methyl sites for hydroxylation is 1. The number of aliphatic hydroxyl groups excluding tert-OH is 1. The number of ether oxygens (including phenoxy) is 2. The number of phenolic OH excluding ortho intramolecular Hbond substituents is 1. The summed E-state index contributed by atoms with van der Waals surface area (Å²) >= 11 is 0. The lowest BCUT2D eigenvalue weighted by Crippen LogP contribution is -2.36. The SMILES string of the molecule is CC(=O)OCc1cc([C@@H](O)CNCCCCCCOCCCCc2cccc(S(=O)(=O)NC3CCCCC3)c2)ccc1O. The molecule has 43 heavy (non-hydrogen) atoms. The summed E-state index contributed by atoms with van der Waals surface area (Å²) in [4.78, 5) is 11.4. The first kappa shape index (κ1) is 35.0. The molecule has 1 atom stereocenters. The molecule has 2 aromatic rings. The van der Waals surface area contributed by atoms with Gasteiger partial charge in [-0.15, -0.1) is 0 Å². The second kappa shape index (κ2) is 19.0. The molecule has 0 unspecified atom stereocenters. The molecule has 0 bridgehead atoms. The molecular weight excluding hydrogens is 568 g/mol. The second-order valence-corrected chi connectivity index (χ2v) is 13.2. The monoisotopic (exact) mass is 618 g/mol. The Morgan fingerprint density at radius 3 is 2.49 bits per heavy atom. The molecule has 4 N–H and O–H groups in total. The van der Waals surface area contributed by atoms with E-state index in [1.54, 1.807) is 24.3 Å². The van der Waals surface area contributed by atoms with Gasteiger partial charge in [0.1, 0.15) is 12.4 Å². The molecule has 0 aliphatic heterocycles. The first-order valence-electron chi connectivity index (χ1n) is 15.8. The third-order valence-electron chi connectivity index (χ3n) is 7.79. The van der Waals surface area contributed by atoms with E-state index < -0.39 is 22.1 Å². The molecule has 0 amide bonds. The molecule has 0 saturated heterocycles. The highest BCUT2D eigenvalue weighted by molar-refractivity contribution is 7.89. The van der Waals surface area contributed by atoms with E-state index in [-0.39, 0.29) is 18.4 Å². The number of carbonyl (C=O) groups excluding carboxylic acids is 1. The Hall–Kier alpha value is -2.50. The lowest BCUT2D eigenvalue weighted by molar-refractivity contribution is -0.142. The predicted molar refractivity (Wildman–Crippen MR) is 167 cm³/mol. The number of rotatable bonds is 20. The maximum absolute atomic E-state index is 12.8. The third-order valence-corrected chi connectivity index (χ3v) is 9.31. The Kier molecular flexibility index (Phi) is 15.5. The minimum absolute atomic E-state index is 0.0278. The number of nitrogens with one attached hydrogen (secondary N) is 2. The summed E-state index contributed by atoms with van der Waals surface area (Å²) in [7, 11) is -3.47. The minimum Gasteiger partial charge on any atom is -0.508 e. The van der Waals surface area contributed by atoms with Crippen LogP contribution in [0.25, 0.3) is 0 Å². The summed E-state index contributed by atoms with van der Waals surface area (Å²) in [6.45, 7) is 3.93. The van der Waals surface area contributed by atoms with Crippen LogP contribution in [0.1, 0.15) is 100 Å². The van der Waals surface area contributed by atoms with Gasteiger partial charge in [-0.1, -0.05) is 50.3 Å². The van der Waals surface area contributed by atoms with E-state index >= 15 is 0 Å². The normalized spacial score (nSPS) is 14.9. The van der Waals surface area contributed by atoms with Crippen LogP contribution in [0.5, 0.6) is 5.75 Å². The van der Waals surface area contributed by atoms with Crippen LogP contribution in [0, 0.1) is 0 Å². The number of benzene rings is 2. The summed E-state index contributed by atoms with van der Waals surface area (Å²) in [5, 5.41) is 23.6. The van der Waals surface area contributed by atoms with Gasteiger partial charge in [-0.2, -0.15) is 0 Å². The largest absolute Gasteiger partial charge is 0.508 e. The number of hydrogen-bond donors (Lipinski definition) is 4. The lowest BCUT2D eigenvalue weighted by Gasteiger charge is -2.22. The maximum atomic E-state index is 12.8. The van der Waals surface area contributed by atoms with E-state index in [2.05, 4.69) is 10.0 Å². The van der Waals surface area contributed by atoms with Gasteiger partial charge in [0.25, 0.3) is 0 Å². The van der Waals surface area contributed by atoms with Crippen LogP contribution in [0.4, 0.5) is 0 Å². The van der Waals surface area contributed by atoms with Gasteiger partial charge in [-0.25, -0.2) is 13.1 Å². The van der Waals surface area contributed by atoms with Crippen molar-refractivity contribution in [1.29, 1.82) is 0 Å². The number of aliphatic hydroxyl groups is 1. The molecule has 0 spiro atoms. The van der Waals surface area contributed by atoms with Crippen molar-refractivity contribution in [3.63, 3.8) is 0 Å². The number of unbranched alkanes of at least 4 members (excludes halogenated alkanes) is 4. The van der Waals surface area contributed by atoms with Crippen molar-refractivity contribution in [1.82, 2.24) is 10.0 Å². The number of phenols is 1. The zero-order valence-electron chi connectivity index (χ0n) is 25.6. The zero-order chi connectivity index (χ0) is 30.9. The van der Waals surface area contributed by atoms with E-state index in [1.165, 1.54) is 19.4 Å². The van der Waals surface area contributed by atoms with Crippen molar-refractivity contribution in [3.8, 4) is 5.75 Å². The van der Waals surface area contributed by atoms with E-state index in [9.17, 15) is 23.4 Å². The van der Waals surface area contributed by atoms with Gasteiger partial charge in [0.15, 0.2) is 0 Å². The van der Waals surface area contributed by atoms with E-state index in [4.69, 9.17) is 9.47 Å². The fourth-order valence-corrected chi connectivity index (χ4v) is 6.66. The minimum atomic E-state index is -3.47. The fraction of sp³-hybridized carbons (Fsp3) is 0.606. The summed E-state index contributed by atoms with van der Waals surface area (Å²) in [5.41, 5.74) is 2.17. The molecule has 1 fully saturated rings. The molecule has 0 heterocycles. The topological polar surface area (TPSA) is 134 Å². The molecule has 1 aliphatic carbocycles. The molecule has 1 aliphatic rings. The predicted octanol–water partition coefficient (Wildman–Crippen LogP) is 5.29. The van der Waals surface area contributed by atoms with Gasteiger partial charge in [0, 0.05) is 38.3 Å². The highest BCUT2D eigenvalue weighted by Crippen LogP contribution is 2.23. The molecule has 9 nitrogen and oxygen atoms in total. The summed E-state index contributed by atoms with van der Waals surface area (Å²) in [6.07, 6.45) is 11.4. The van der Waals surface area contributed by atoms with Crippen molar-refractivity contribution in [3.05, 3.63) is 59.2 Å². The first-order chi connectivity index (χ1) is 20.7. The van der Waals surface area contributed by atoms with Gasteiger partial charge in [-0.05, 0) is 86.9 Å². The highest BCUT2D eigenvalue weighted by atomic mass is 32.2. The molecule has 0 aromatic heterocycles. The van der Waals surface area contributed by atoms with Crippen LogP contribution in [0.15, 0.2) is 47.4 Å². The Morgan fingerprint density at radius 1 is 0.977 bits per heavy atom. The van der Waals surface area contributed by atoms with Crippen LogP contribution in [-0.2, 0) is 37.3 Å². The smallest absolute Gasteiger partial charge is 0.302 e. The van der Waals surface area contributed by atoms with Gasteiger partial charge in [0.05, 0.1) is 11.0 Å². The number of esters is 1. The van der Waals surface area contributed by atoms with Gasteiger partial charge in [0.2, 0.25) is 10.0 Å². The zero-order valence-corrected chi connectivity index (χ0v) is 26.4. The molecule has 10 heteroatoms. The number of sulfonamides is 1. The molecule has 1 saturated carbocycles. The number of carbonyl (C=O) groups is 1. The maximum Gasteiger partial charge on any atom is 0.302 e. The van der Waals surface area contributed by atoms with Crippen molar-refractivity contribution in [2.24, 2.45) is 0 Å². The molecule has 0 radical (unpaired) electrons. The summed E-state index contributed by atoms with van der Waals surface area (Å²) in [5.74, 6) is -0.390. The van der Waals surface area contributed by atoms with E-state index in [1.807, 2.05) is 12.1 Å². The highest BCUT2D eigenvalue weighted by Gasteiger charge is 2.22. The van der Waals surface area contributed by atoms with Crippen LogP contribution in [0.2, 0.25) is 0 Å². The van der Waals surface area contributed by atoms with E-state index in [0.717, 1.165) is 89.3 Å². The Labute approximate surface area is 257 Å². The van der Waals surface area contributed by atoms with Crippen LogP contribution in [0.3, 0.4) is 0 Å². The lowest BCUT2D eigenvalue weighted by atomic mass is 9.96.